The molecule has 0 saturated heterocycles. The quantitative estimate of drug-likeness (QED) is 0.451. The summed E-state index contributed by atoms with van der Waals surface area (Å²) in [6.07, 6.45) is 0.557. The standard InChI is InChI=1S/C26H18N4O4/c27-13-17-14-28-30(18-7-5-6-16(12-18)25(31)32)24(17)29-26(33)34-15-23-21-10-3-1-8-19(21)20-9-2-4-11-22(20)23/h1-12,14,23H,15H2,(H,29,33)(H,31,32). The zero-order valence-corrected chi connectivity index (χ0v) is 17.8. The van der Waals surface area contributed by atoms with E-state index in [0.717, 1.165) is 22.3 Å². The monoisotopic (exact) mass is 450 g/mol. The maximum Gasteiger partial charge on any atom is 0.412 e. The van der Waals surface area contributed by atoms with Crippen LogP contribution >= 0.6 is 0 Å². The molecule has 166 valence electrons. The Labute approximate surface area is 194 Å². The van der Waals surface area contributed by atoms with Crippen molar-refractivity contribution in [3.05, 3.63) is 101 Å². The Morgan fingerprint density at radius 3 is 2.35 bits per heavy atom. The second-order valence-electron chi connectivity index (χ2n) is 7.74. The summed E-state index contributed by atoms with van der Waals surface area (Å²) in [5.41, 5.74) is 4.98. The highest BCUT2D eigenvalue weighted by atomic mass is 16.5. The lowest BCUT2D eigenvalue weighted by molar-refractivity contribution is 0.0696. The maximum absolute atomic E-state index is 12.7. The molecule has 0 unspecified atom stereocenters. The molecule has 2 N–H and O–H groups in total. The molecule has 0 radical (unpaired) electrons. The van der Waals surface area contributed by atoms with Crippen molar-refractivity contribution < 1.29 is 19.4 Å². The average Bonchev–Trinajstić information content (AvgIpc) is 3.41. The largest absolute Gasteiger partial charge is 0.478 e. The normalized spacial score (nSPS) is 11.9. The van der Waals surface area contributed by atoms with E-state index in [0.29, 0.717) is 5.69 Å². The molecule has 0 saturated carbocycles. The number of nitrogens with one attached hydrogen (secondary N) is 1. The van der Waals surface area contributed by atoms with Crippen LogP contribution in [0.25, 0.3) is 16.8 Å². The lowest BCUT2D eigenvalue weighted by Gasteiger charge is -2.15. The van der Waals surface area contributed by atoms with Crippen molar-refractivity contribution in [2.75, 3.05) is 11.9 Å². The van der Waals surface area contributed by atoms with Crippen LogP contribution in [0.15, 0.2) is 79.0 Å². The van der Waals surface area contributed by atoms with E-state index >= 15 is 0 Å². The highest BCUT2D eigenvalue weighted by molar-refractivity contribution is 5.89. The number of aromatic carboxylic acids is 1. The van der Waals surface area contributed by atoms with Gasteiger partial charge in [0.2, 0.25) is 0 Å². The van der Waals surface area contributed by atoms with Crippen LogP contribution in [0.1, 0.15) is 33.0 Å². The van der Waals surface area contributed by atoms with Crippen LogP contribution in [0, 0.1) is 11.3 Å². The molecule has 0 bridgehead atoms. The Morgan fingerprint density at radius 1 is 1.03 bits per heavy atom. The first kappa shape index (κ1) is 21.0. The van der Waals surface area contributed by atoms with Gasteiger partial charge in [0, 0.05) is 5.92 Å². The van der Waals surface area contributed by atoms with E-state index in [2.05, 4.69) is 22.5 Å². The van der Waals surface area contributed by atoms with Gasteiger partial charge in [0.25, 0.3) is 0 Å². The number of ether oxygens (including phenoxy) is 1. The molecule has 1 aromatic heterocycles. The van der Waals surface area contributed by atoms with Gasteiger partial charge in [-0.05, 0) is 40.5 Å². The molecule has 0 aliphatic heterocycles. The molecule has 0 fully saturated rings. The Kier molecular flexibility index (Phi) is 5.28. The predicted molar refractivity (Wildman–Crippen MR) is 124 cm³/mol. The highest BCUT2D eigenvalue weighted by Gasteiger charge is 2.29. The van der Waals surface area contributed by atoms with E-state index in [1.807, 2.05) is 42.5 Å². The van der Waals surface area contributed by atoms with E-state index in [1.165, 1.54) is 23.0 Å². The molecular weight excluding hydrogens is 432 g/mol. The number of amides is 1. The van der Waals surface area contributed by atoms with E-state index in [9.17, 15) is 20.0 Å². The number of rotatable bonds is 5. The van der Waals surface area contributed by atoms with Gasteiger partial charge in [-0.1, -0.05) is 54.6 Å². The summed E-state index contributed by atoms with van der Waals surface area (Å²) in [5.74, 6) is -1.10. The molecule has 0 spiro atoms. The van der Waals surface area contributed by atoms with Crippen molar-refractivity contribution >= 4 is 17.9 Å². The number of nitrogens with zero attached hydrogens (tertiary/aromatic N) is 3. The molecule has 4 aromatic rings. The minimum Gasteiger partial charge on any atom is -0.478 e. The van der Waals surface area contributed by atoms with Crippen LogP contribution in [0.3, 0.4) is 0 Å². The van der Waals surface area contributed by atoms with Crippen LogP contribution in [-0.4, -0.2) is 33.6 Å². The van der Waals surface area contributed by atoms with Crippen molar-refractivity contribution in [1.29, 1.82) is 5.26 Å². The lowest BCUT2D eigenvalue weighted by Crippen LogP contribution is -2.20. The molecular formula is C26H18N4O4. The average molecular weight is 450 g/mol. The molecule has 8 nitrogen and oxygen atoms in total. The van der Waals surface area contributed by atoms with Gasteiger partial charge in [-0.25, -0.2) is 14.3 Å². The van der Waals surface area contributed by atoms with Gasteiger partial charge < -0.3 is 9.84 Å². The maximum atomic E-state index is 12.7. The summed E-state index contributed by atoms with van der Waals surface area (Å²) in [7, 11) is 0. The topological polar surface area (TPSA) is 117 Å². The zero-order chi connectivity index (χ0) is 23.7. The summed E-state index contributed by atoms with van der Waals surface area (Å²) < 4.78 is 6.87. The van der Waals surface area contributed by atoms with Gasteiger partial charge in [0.1, 0.15) is 18.2 Å². The van der Waals surface area contributed by atoms with Crippen LogP contribution in [0.4, 0.5) is 10.6 Å². The summed E-state index contributed by atoms with van der Waals surface area (Å²) in [5, 5.41) is 25.5. The van der Waals surface area contributed by atoms with Crippen LogP contribution < -0.4 is 5.32 Å². The third-order valence-electron chi connectivity index (χ3n) is 5.79. The highest BCUT2D eigenvalue weighted by Crippen LogP contribution is 2.44. The molecule has 1 amide bonds. The number of benzene rings is 3. The molecule has 8 heteroatoms. The fraction of sp³-hybridized carbons (Fsp3) is 0.0769. The van der Waals surface area contributed by atoms with Gasteiger partial charge in [-0.2, -0.15) is 10.4 Å². The third-order valence-corrected chi connectivity index (χ3v) is 5.79. The van der Waals surface area contributed by atoms with Gasteiger partial charge >= 0.3 is 12.1 Å². The zero-order valence-electron chi connectivity index (χ0n) is 17.8. The fourth-order valence-electron chi connectivity index (χ4n) is 4.25. The number of anilines is 1. The number of nitriles is 1. The minimum absolute atomic E-state index is 0.0543. The van der Waals surface area contributed by atoms with Crippen LogP contribution in [-0.2, 0) is 4.74 Å². The number of hydrogen-bond donors (Lipinski definition) is 2. The van der Waals surface area contributed by atoms with E-state index < -0.39 is 12.1 Å². The number of hydrogen-bond acceptors (Lipinski definition) is 5. The lowest BCUT2D eigenvalue weighted by atomic mass is 9.98. The Hall–Kier alpha value is -4.90. The molecule has 0 atom stereocenters. The van der Waals surface area contributed by atoms with Gasteiger partial charge in [0.05, 0.1) is 17.4 Å². The Balaban J connectivity index is 1.37. The SMILES string of the molecule is N#Cc1cnn(-c2cccc(C(=O)O)c2)c1NC(=O)OCC1c2ccccc2-c2ccccc21. The van der Waals surface area contributed by atoms with Crippen molar-refractivity contribution in [2.45, 2.75) is 5.92 Å². The molecule has 5 rings (SSSR count). The predicted octanol–water partition coefficient (Wildman–Crippen LogP) is 4.80. The summed E-state index contributed by atoms with van der Waals surface area (Å²) >= 11 is 0. The Bertz CT molecular complexity index is 1420. The van der Waals surface area contributed by atoms with Crippen molar-refractivity contribution in [3.63, 3.8) is 0 Å². The number of carboxylic acid groups (broad SMARTS) is 1. The van der Waals surface area contributed by atoms with Crippen molar-refractivity contribution in [2.24, 2.45) is 0 Å². The summed E-state index contributed by atoms with van der Waals surface area (Å²) in [6, 6.07) is 24.1. The number of carbonyl (C=O) groups excluding carboxylic acids is 1. The molecule has 3 aromatic carbocycles. The second-order valence-corrected chi connectivity index (χ2v) is 7.74. The van der Waals surface area contributed by atoms with Gasteiger partial charge in [-0.15, -0.1) is 0 Å². The summed E-state index contributed by atoms with van der Waals surface area (Å²) in [4.78, 5) is 24.1. The van der Waals surface area contributed by atoms with Gasteiger partial charge in [-0.3, -0.25) is 5.32 Å². The number of aromatic nitrogens is 2. The van der Waals surface area contributed by atoms with Gasteiger partial charge in [0.15, 0.2) is 5.82 Å². The fourth-order valence-corrected chi connectivity index (χ4v) is 4.25. The van der Waals surface area contributed by atoms with E-state index in [1.54, 1.807) is 12.1 Å². The number of carbonyl (C=O) groups is 2. The first-order chi connectivity index (χ1) is 16.6. The Morgan fingerprint density at radius 2 is 1.71 bits per heavy atom. The molecule has 1 aliphatic carbocycles. The summed E-state index contributed by atoms with van der Waals surface area (Å²) in [6.45, 7) is 0.115. The van der Waals surface area contributed by atoms with Crippen LogP contribution in [0.2, 0.25) is 0 Å². The van der Waals surface area contributed by atoms with Crippen molar-refractivity contribution in [3.8, 4) is 22.9 Å². The van der Waals surface area contributed by atoms with E-state index in [-0.39, 0.29) is 29.5 Å². The second kappa shape index (κ2) is 8.56. The van der Waals surface area contributed by atoms with Crippen LogP contribution in [0.5, 0.6) is 0 Å². The molecule has 1 heterocycles. The molecule has 1 aliphatic rings. The third kappa shape index (κ3) is 3.65. The molecule has 34 heavy (non-hydrogen) atoms. The first-order valence-electron chi connectivity index (χ1n) is 10.5. The number of fused-ring (bicyclic) bond motifs is 3. The first-order valence-corrected chi connectivity index (χ1v) is 10.5. The smallest absolute Gasteiger partial charge is 0.412 e. The van der Waals surface area contributed by atoms with Crippen molar-refractivity contribution in [1.82, 2.24) is 9.78 Å². The minimum atomic E-state index is -1.10. The van der Waals surface area contributed by atoms with E-state index in [4.69, 9.17) is 4.74 Å². The number of carboxylic acids is 1.